The van der Waals surface area contributed by atoms with Crippen LogP contribution in [0.15, 0.2) is 60.7 Å². The molecule has 2 aromatic heterocycles. The van der Waals surface area contributed by atoms with Crippen molar-refractivity contribution in [3.63, 3.8) is 0 Å². The van der Waals surface area contributed by atoms with Crippen LogP contribution in [-0.4, -0.2) is 33.6 Å². The predicted octanol–water partition coefficient (Wildman–Crippen LogP) is 4.34. The van der Waals surface area contributed by atoms with E-state index < -0.39 is 11.1 Å². The molecular weight excluding hydrogens is 478 g/mol. The summed E-state index contributed by atoms with van der Waals surface area (Å²) in [4.78, 5) is 45.2. The molecule has 0 bridgehead atoms. The van der Waals surface area contributed by atoms with Crippen LogP contribution < -0.4 is 4.74 Å². The number of fused-ring (bicyclic) bond motifs is 1. The van der Waals surface area contributed by atoms with Crippen molar-refractivity contribution >= 4 is 22.8 Å². The van der Waals surface area contributed by atoms with E-state index in [0.29, 0.717) is 44.9 Å². The van der Waals surface area contributed by atoms with Crippen molar-refractivity contribution in [2.45, 2.75) is 33.5 Å². The van der Waals surface area contributed by atoms with Crippen molar-refractivity contribution in [2.24, 2.45) is 0 Å². The van der Waals surface area contributed by atoms with E-state index in [0.717, 1.165) is 5.56 Å². The first-order valence-corrected chi connectivity index (χ1v) is 11.4. The van der Waals surface area contributed by atoms with Gasteiger partial charge in [-0.25, -0.2) is 0 Å². The summed E-state index contributed by atoms with van der Waals surface area (Å²) in [6.45, 7) is 3.33. The Morgan fingerprint density at radius 2 is 1.70 bits per heavy atom. The van der Waals surface area contributed by atoms with Gasteiger partial charge < -0.3 is 14.3 Å². The molecule has 0 atom stereocenters. The molecule has 10 nitrogen and oxygen atoms in total. The third kappa shape index (κ3) is 5.75. The Bertz CT molecular complexity index is 1480. The summed E-state index contributed by atoms with van der Waals surface area (Å²) in [5.74, 6) is -0.119. The largest absolute Gasteiger partial charge is 0.497 e. The highest BCUT2D eigenvalue weighted by atomic mass is 16.9. The van der Waals surface area contributed by atoms with Gasteiger partial charge in [0.15, 0.2) is 0 Å². The van der Waals surface area contributed by atoms with E-state index in [2.05, 4.69) is 9.82 Å². The SMILES string of the molecule is COc1ccc2c(c1)c(CC(=O)OCc1cccc(CO[N+](=O)[O-])n1)c(C)n2C(=O)c1ccc(C)cc1. The van der Waals surface area contributed by atoms with E-state index in [-0.39, 0.29) is 25.5 Å². The summed E-state index contributed by atoms with van der Waals surface area (Å²) in [6, 6.07) is 17.5. The number of hydrogen-bond acceptors (Lipinski definition) is 8. The number of pyridine rings is 1. The van der Waals surface area contributed by atoms with Gasteiger partial charge in [-0.15, -0.1) is 10.1 Å². The van der Waals surface area contributed by atoms with Crippen LogP contribution in [-0.2, 0) is 34.0 Å². The fraction of sp³-hybridized carbons (Fsp3) is 0.222. The molecule has 0 aliphatic carbocycles. The molecule has 0 unspecified atom stereocenters. The number of aryl methyl sites for hydroxylation is 1. The zero-order valence-corrected chi connectivity index (χ0v) is 20.6. The smallest absolute Gasteiger partial charge is 0.310 e. The highest BCUT2D eigenvalue weighted by Crippen LogP contribution is 2.31. The Kier molecular flexibility index (Phi) is 7.47. The van der Waals surface area contributed by atoms with Gasteiger partial charge in [0.2, 0.25) is 0 Å². The van der Waals surface area contributed by atoms with Crippen LogP contribution in [0, 0.1) is 24.0 Å². The third-order valence-corrected chi connectivity index (χ3v) is 5.93. The topological polar surface area (TPSA) is 123 Å². The van der Waals surface area contributed by atoms with Crippen molar-refractivity contribution in [3.05, 3.63) is 105 Å². The summed E-state index contributed by atoms with van der Waals surface area (Å²) >= 11 is 0. The maximum Gasteiger partial charge on any atom is 0.310 e. The molecule has 0 saturated heterocycles. The molecular formula is C27H25N3O7. The predicted molar refractivity (Wildman–Crippen MR) is 134 cm³/mol. The Labute approximate surface area is 212 Å². The second kappa shape index (κ2) is 10.9. The minimum atomic E-state index is -0.897. The molecule has 0 spiro atoms. The molecule has 190 valence electrons. The number of esters is 1. The van der Waals surface area contributed by atoms with Crippen LogP contribution in [0.1, 0.15) is 38.6 Å². The molecule has 0 amide bonds. The standard InChI is InChI=1S/C27H25N3O7/c1-17-7-9-19(10-8-17)27(32)29-18(2)23(24-13-22(35-3)11-12-25(24)29)14-26(31)36-15-20-5-4-6-21(28-20)16-37-30(33)34/h4-13H,14-16H2,1-3H3. The minimum Gasteiger partial charge on any atom is -0.497 e. The molecule has 10 heteroatoms. The molecule has 0 fully saturated rings. The molecule has 2 heterocycles. The minimum absolute atomic E-state index is 0.0756. The second-order valence-corrected chi connectivity index (χ2v) is 8.41. The third-order valence-electron chi connectivity index (χ3n) is 5.93. The van der Waals surface area contributed by atoms with Crippen LogP contribution in [0.4, 0.5) is 0 Å². The number of methoxy groups -OCH3 is 1. The lowest BCUT2D eigenvalue weighted by Gasteiger charge is -2.09. The molecule has 0 radical (unpaired) electrons. The van der Waals surface area contributed by atoms with Gasteiger partial charge in [0, 0.05) is 16.6 Å². The molecule has 0 N–H and O–H groups in total. The number of benzene rings is 2. The van der Waals surface area contributed by atoms with Gasteiger partial charge in [0.25, 0.3) is 11.0 Å². The van der Waals surface area contributed by atoms with Crippen molar-refractivity contribution < 1.29 is 29.0 Å². The normalized spacial score (nSPS) is 10.8. The Morgan fingerprint density at radius 1 is 1.00 bits per heavy atom. The van der Waals surface area contributed by atoms with Crippen LogP contribution in [0.25, 0.3) is 10.9 Å². The van der Waals surface area contributed by atoms with Gasteiger partial charge in [-0.1, -0.05) is 23.8 Å². The number of aromatic nitrogens is 2. The lowest BCUT2D eigenvalue weighted by atomic mass is 10.1. The number of nitrogens with zero attached hydrogens (tertiary/aromatic N) is 3. The van der Waals surface area contributed by atoms with Crippen molar-refractivity contribution in [2.75, 3.05) is 7.11 Å². The number of ether oxygens (including phenoxy) is 2. The molecule has 0 aliphatic rings. The Hall–Kier alpha value is -4.73. The van der Waals surface area contributed by atoms with Gasteiger partial charge in [-0.2, -0.15) is 0 Å². The van der Waals surface area contributed by atoms with Crippen LogP contribution in [0.5, 0.6) is 5.75 Å². The van der Waals surface area contributed by atoms with Gasteiger partial charge in [-0.05, 0) is 61.9 Å². The van der Waals surface area contributed by atoms with Crippen molar-refractivity contribution in [1.82, 2.24) is 9.55 Å². The summed E-state index contributed by atoms with van der Waals surface area (Å²) < 4.78 is 12.4. The molecule has 0 aliphatic heterocycles. The summed E-state index contributed by atoms with van der Waals surface area (Å²) in [6.07, 6.45) is -0.0756. The van der Waals surface area contributed by atoms with E-state index in [4.69, 9.17) is 9.47 Å². The Balaban J connectivity index is 1.58. The fourth-order valence-corrected chi connectivity index (χ4v) is 4.06. The quantitative estimate of drug-likeness (QED) is 0.188. The van der Waals surface area contributed by atoms with Crippen LogP contribution >= 0.6 is 0 Å². The zero-order chi connectivity index (χ0) is 26.5. The Morgan fingerprint density at radius 3 is 2.38 bits per heavy atom. The maximum absolute atomic E-state index is 13.4. The van der Waals surface area contributed by atoms with Crippen molar-refractivity contribution in [3.8, 4) is 5.75 Å². The number of rotatable bonds is 9. The molecule has 37 heavy (non-hydrogen) atoms. The first-order valence-electron chi connectivity index (χ1n) is 11.4. The van der Waals surface area contributed by atoms with E-state index in [9.17, 15) is 19.7 Å². The average molecular weight is 504 g/mol. The fourth-order valence-electron chi connectivity index (χ4n) is 4.06. The van der Waals surface area contributed by atoms with Crippen LogP contribution in [0.3, 0.4) is 0 Å². The number of hydrogen-bond donors (Lipinski definition) is 0. The van der Waals surface area contributed by atoms with Crippen LogP contribution in [0.2, 0.25) is 0 Å². The van der Waals surface area contributed by atoms with E-state index >= 15 is 0 Å². The zero-order valence-electron chi connectivity index (χ0n) is 20.6. The lowest BCUT2D eigenvalue weighted by Crippen LogP contribution is -2.15. The first-order chi connectivity index (χ1) is 17.8. The molecule has 0 saturated carbocycles. The van der Waals surface area contributed by atoms with E-state index in [1.54, 1.807) is 67.1 Å². The van der Waals surface area contributed by atoms with Gasteiger partial charge in [-0.3, -0.25) is 19.1 Å². The highest BCUT2D eigenvalue weighted by molar-refractivity contribution is 6.05. The second-order valence-electron chi connectivity index (χ2n) is 8.41. The summed E-state index contributed by atoms with van der Waals surface area (Å²) in [7, 11) is 1.55. The average Bonchev–Trinajstić information content (AvgIpc) is 3.16. The van der Waals surface area contributed by atoms with E-state index in [1.165, 1.54) is 0 Å². The lowest BCUT2D eigenvalue weighted by molar-refractivity contribution is -0.763. The van der Waals surface area contributed by atoms with Crippen molar-refractivity contribution in [1.29, 1.82) is 0 Å². The first kappa shape index (κ1) is 25.4. The molecule has 2 aromatic carbocycles. The highest BCUT2D eigenvalue weighted by Gasteiger charge is 2.22. The van der Waals surface area contributed by atoms with Gasteiger partial charge >= 0.3 is 5.97 Å². The van der Waals surface area contributed by atoms with E-state index in [1.807, 2.05) is 19.1 Å². The number of carbonyl (C=O) groups excluding carboxylic acids is 2. The number of carbonyl (C=O) groups is 2. The maximum atomic E-state index is 13.4. The summed E-state index contributed by atoms with van der Waals surface area (Å²) in [5, 5.41) is 10.2. The monoisotopic (exact) mass is 503 g/mol. The van der Waals surface area contributed by atoms with Gasteiger partial charge in [0.1, 0.15) is 19.0 Å². The molecule has 4 rings (SSSR count). The molecule has 4 aromatic rings. The van der Waals surface area contributed by atoms with Gasteiger partial charge in [0.05, 0.1) is 30.4 Å². The summed E-state index contributed by atoms with van der Waals surface area (Å²) in [5.41, 5.74) is 4.28.